The van der Waals surface area contributed by atoms with Crippen LogP contribution in [0.15, 0.2) is 29.1 Å². The third kappa shape index (κ3) is 3.62. The van der Waals surface area contributed by atoms with E-state index in [1.807, 2.05) is 25.1 Å². The lowest BCUT2D eigenvalue weighted by molar-refractivity contribution is 0.159. The van der Waals surface area contributed by atoms with Gasteiger partial charge in [-0.3, -0.25) is 4.79 Å². The molecule has 0 radical (unpaired) electrons. The predicted octanol–water partition coefficient (Wildman–Crippen LogP) is 1.17. The molecule has 5 heteroatoms. The standard InChI is InChI=1S/C14H19N3O2/c1-2-10(18)7-8-15-9-13-16-12-6-4-3-5-11(12)14(19)17-13/h3-6,10,15,18H,2,7-9H2,1H3,(H,16,17,19). The van der Waals surface area contributed by atoms with Gasteiger partial charge in [-0.25, -0.2) is 4.98 Å². The highest BCUT2D eigenvalue weighted by molar-refractivity contribution is 5.77. The summed E-state index contributed by atoms with van der Waals surface area (Å²) in [6.07, 6.45) is 1.19. The van der Waals surface area contributed by atoms with Gasteiger partial charge in [0.05, 0.1) is 23.6 Å². The number of hydrogen-bond donors (Lipinski definition) is 3. The van der Waals surface area contributed by atoms with Crippen molar-refractivity contribution in [3.63, 3.8) is 0 Å². The van der Waals surface area contributed by atoms with Gasteiger partial charge in [-0.2, -0.15) is 0 Å². The van der Waals surface area contributed by atoms with E-state index in [1.54, 1.807) is 6.07 Å². The van der Waals surface area contributed by atoms with Crippen molar-refractivity contribution in [2.75, 3.05) is 6.54 Å². The Bertz CT molecular complexity index is 595. The van der Waals surface area contributed by atoms with Crippen LogP contribution in [0, 0.1) is 0 Å². The summed E-state index contributed by atoms with van der Waals surface area (Å²) in [5.74, 6) is 0.620. The lowest BCUT2D eigenvalue weighted by Crippen LogP contribution is -2.23. The van der Waals surface area contributed by atoms with Crippen LogP contribution in [0.25, 0.3) is 10.9 Å². The molecular formula is C14H19N3O2. The molecule has 1 heterocycles. The molecule has 0 fully saturated rings. The number of rotatable bonds is 6. The first-order chi connectivity index (χ1) is 9.20. The molecule has 2 aromatic rings. The van der Waals surface area contributed by atoms with Crippen LogP contribution < -0.4 is 10.9 Å². The van der Waals surface area contributed by atoms with Gasteiger partial charge in [0.1, 0.15) is 5.82 Å². The quantitative estimate of drug-likeness (QED) is 0.682. The molecule has 0 amide bonds. The number of aliphatic hydroxyl groups is 1. The van der Waals surface area contributed by atoms with E-state index in [0.29, 0.717) is 36.2 Å². The zero-order chi connectivity index (χ0) is 13.7. The zero-order valence-electron chi connectivity index (χ0n) is 11.0. The molecule has 3 N–H and O–H groups in total. The normalized spacial score (nSPS) is 12.7. The third-order valence-electron chi connectivity index (χ3n) is 3.08. The molecule has 1 aromatic heterocycles. The first-order valence-electron chi connectivity index (χ1n) is 6.57. The summed E-state index contributed by atoms with van der Waals surface area (Å²) in [5, 5.41) is 13.2. The van der Waals surface area contributed by atoms with E-state index in [0.717, 1.165) is 6.42 Å². The van der Waals surface area contributed by atoms with Crippen LogP contribution in [-0.4, -0.2) is 27.7 Å². The SMILES string of the molecule is CCC(O)CCNCc1nc2ccccc2c(=O)[nH]1. The molecule has 0 saturated carbocycles. The Kier molecular flexibility index (Phi) is 4.65. The second kappa shape index (κ2) is 6.45. The van der Waals surface area contributed by atoms with Crippen molar-refractivity contribution in [3.05, 3.63) is 40.4 Å². The van der Waals surface area contributed by atoms with E-state index in [9.17, 15) is 9.90 Å². The van der Waals surface area contributed by atoms with Crippen molar-refractivity contribution in [1.82, 2.24) is 15.3 Å². The van der Waals surface area contributed by atoms with E-state index in [4.69, 9.17) is 0 Å². The molecule has 1 unspecified atom stereocenters. The van der Waals surface area contributed by atoms with Gasteiger partial charge in [0, 0.05) is 0 Å². The molecule has 0 aliphatic rings. The monoisotopic (exact) mass is 261 g/mol. The number of H-pyrrole nitrogens is 1. The summed E-state index contributed by atoms with van der Waals surface area (Å²) in [7, 11) is 0. The van der Waals surface area contributed by atoms with Crippen molar-refractivity contribution in [3.8, 4) is 0 Å². The molecule has 2 rings (SSSR count). The Morgan fingerprint density at radius 2 is 2.21 bits per heavy atom. The summed E-state index contributed by atoms with van der Waals surface area (Å²) in [6.45, 7) is 3.15. The number of nitrogens with one attached hydrogen (secondary N) is 2. The fourth-order valence-electron chi connectivity index (χ4n) is 1.90. The Labute approximate surface area is 111 Å². The van der Waals surface area contributed by atoms with Gasteiger partial charge in [0.2, 0.25) is 0 Å². The van der Waals surface area contributed by atoms with Gasteiger partial charge >= 0.3 is 0 Å². The molecule has 102 valence electrons. The fourth-order valence-corrected chi connectivity index (χ4v) is 1.90. The van der Waals surface area contributed by atoms with Crippen LogP contribution in [0.2, 0.25) is 0 Å². The molecule has 1 atom stereocenters. The highest BCUT2D eigenvalue weighted by Gasteiger charge is 2.03. The highest BCUT2D eigenvalue weighted by Crippen LogP contribution is 2.05. The van der Waals surface area contributed by atoms with E-state index >= 15 is 0 Å². The minimum Gasteiger partial charge on any atom is -0.393 e. The van der Waals surface area contributed by atoms with Crippen molar-refractivity contribution in [2.45, 2.75) is 32.4 Å². The average Bonchev–Trinajstić information content (AvgIpc) is 2.43. The number of para-hydroxylation sites is 1. The maximum atomic E-state index is 11.8. The Morgan fingerprint density at radius 3 is 3.00 bits per heavy atom. The van der Waals surface area contributed by atoms with Crippen LogP contribution in [0.1, 0.15) is 25.6 Å². The van der Waals surface area contributed by atoms with Crippen molar-refractivity contribution in [1.29, 1.82) is 0 Å². The molecule has 0 spiro atoms. The second-order valence-electron chi connectivity index (χ2n) is 4.56. The smallest absolute Gasteiger partial charge is 0.258 e. The first kappa shape index (κ1) is 13.7. The minimum atomic E-state index is -0.267. The molecule has 19 heavy (non-hydrogen) atoms. The van der Waals surface area contributed by atoms with Crippen molar-refractivity contribution < 1.29 is 5.11 Å². The highest BCUT2D eigenvalue weighted by atomic mass is 16.3. The Balaban J connectivity index is 2.00. The van der Waals surface area contributed by atoms with Gasteiger partial charge < -0.3 is 15.4 Å². The average molecular weight is 261 g/mol. The first-order valence-corrected chi connectivity index (χ1v) is 6.57. The number of aliphatic hydroxyl groups excluding tert-OH is 1. The lowest BCUT2D eigenvalue weighted by atomic mass is 10.2. The van der Waals surface area contributed by atoms with E-state index in [2.05, 4.69) is 15.3 Å². The van der Waals surface area contributed by atoms with Crippen LogP contribution in [0.4, 0.5) is 0 Å². The van der Waals surface area contributed by atoms with Gasteiger partial charge in [-0.05, 0) is 31.5 Å². The topological polar surface area (TPSA) is 78.0 Å². The van der Waals surface area contributed by atoms with E-state index < -0.39 is 0 Å². The lowest BCUT2D eigenvalue weighted by Gasteiger charge is -2.08. The molecule has 0 aliphatic carbocycles. The number of benzene rings is 1. The van der Waals surface area contributed by atoms with Crippen molar-refractivity contribution in [2.24, 2.45) is 0 Å². The summed E-state index contributed by atoms with van der Waals surface area (Å²) >= 11 is 0. The van der Waals surface area contributed by atoms with Gasteiger partial charge in [-0.15, -0.1) is 0 Å². The van der Waals surface area contributed by atoms with Crippen LogP contribution in [-0.2, 0) is 6.54 Å². The third-order valence-corrected chi connectivity index (χ3v) is 3.08. The maximum absolute atomic E-state index is 11.8. The van der Waals surface area contributed by atoms with E-state index in [1.165, 1.54) is 0 Å². The summed E-state index contributed by atoms with van der Waals surface area (Å²) in [4.78, 5) is 19.0. The zero-order valence-corrected chi connectivity index (χ0v) is 11.0. The maximum Gasteiger partial charge on any atom is 0.258 e. The molecule has 0 saturated heterocycles. The van der Waals surface area contributed by atoms with Crippen LogP contribution in [0.3, 0.4) is 0 Å². The fraction of sp³-hybridized carbons (Fsp3) is 0.429. The van der Waals surface area contributed by atoms with Crippen LogP contribution in [0.5, 0.6) is 0 Å². The van der Waals surface area contributed by atoms with Gasteiger partial charge in [0.15, 0.2) is 0 Å². The molecule has 0 aliphatic heterocycles. The number of fused-ring (bicyclic) bond motifs is 1. The number of aromatic nitrogens is 2. The van der Waals surface area contributed by atoms with Crippen LogP contribution >= 0.6 is 0 Å². The van der Waals surface area contributed by atoms with Crippen molar-refractivity contribution >= 4 is 10.9 Å². The predicted molar refractivity (Wildman–Crippen MR) is 75.0 cm³/mol. The largest absolute Gasteiger partial charge is 0.393 e. The molecule has 5 nitrogen and oxygen atoms in total. The number of aromatic amines is 1. The Morgan fingerprint density at radius 1 is 1.42 bits per heavy atom. The van der Waals surface area contributed by atoms with Gasteiger partial charge in [0.25, 0.3) is 5.56 Å². The Hall–Kier alpha value is -1.72. The summed E-state index contributed by atoms with van der Waals surface area (Å²) in [5.41, 5.74) is 0.590. The molecule has 0 bridgehead atoms. The van der Waals surface area contributed by atoms with Gasteiger partial charge in [-0.1, -0.05) is 19.1 Å². The second-order valence-corrected chi connectivity index (χ2v) is 4.56. The molecular weight excluding hydrogens is 242 g/mol. The summed E-state index contributed by atoms with van der Waals surface area (Å²) in [6, 6.07) is 7.28. The van der Waals surface area contributed by atoms with E-state index in [-0.39, 0.29) is 11.7 Å². The number of nitrogens with zero attached hydrogens (tertiary/aromatic N) is 1. The summed E-state index contributed by atoms with van der Waals surface area (Å²) < 4.78 is 0. The molecule has 1 aromatic carbocycles. The minimum absolute atomic E-state index is 0.115. The number of hydrogen-bond acceptors (Lipinski definition) is 4.